The summed E-state index contributed by atoms with van der Waals surface area (Å²) in [7, 11) is -0.547. The summed E-state index contributed by atoms with van der Waals surface area (Å²) in [6, 6.07) is 15.3. The van der Waals surface area contributed by atoms with Crippen LogP contribution in [0.15, 0.2) is 54.6 Å². The first-order valence-corrected chi connectivity index (χ1v) is 24.6. The number of epoxide rings is 1. The van der Waals surface area contributed by atoms with E-state index in [1.807, 2.05) is 0 Å². The molecule has 3 aliphatic rings. The Kier molecular flexibility index (Phi) is 16.5. The molecule has 0 amide bonds. The van der Waals surface area contributed by atoms with Crippen LogP contribution in [0.2, 0.25) is 18.6 Å². The van der Waals surface area contributed by atoms with Gasteiger partial charge in [0.2, 0.25) is 0 Å². The number of hydrogen-bond acceptors (Lipinski definition) is 11. The number of aliphatic hydroxyl groups is 1. The molecule has 0 bridgehead atoms. The van der Waals surface area contributed by atoms with Crippen molar-refractivity contribution in [3.8, 4) is 11.5 Å². The molecular weight excluding hydrogens is 737 g/mol. The summed E-state index contributed by atoms with van der Waals surface area (Å²) in [6.07, 6.45) is 14.3. The van der Waals surface area contributed by atoms with E-state index in [4.69, 9.17) is 36.3 Å². The predicted octanol–water partition coefficient (Wildman–Crippen LogP) is 8.27. The van der Waals surface area contributed by atoms with Crippen molar-refractivity contribution in [2.75, 3.05) is 27.9 Å². The maximum absolute atomic E-state index is 12.9. The molecule has 1 aliphatic heterocycles. The van der Waals surface area contributed by atoms with Crippen LogP contribution in [0, 0.1) is 11.8 Å². The highest BCUT2D eigenvalue weighted by Crippen LogP contribution is 2.42. The summed E-state index contributed by atoms with van der Waals surface area (Å²) >= 11 is 0. The minimum Gasteiger partial charge on any atom is -0.494 e. The van der Waals surface area contributed by atoms with E-state index in [-0.39, 0.29) is 5.92 Å². The summed E-state index contributed by atoms with van der Waals surface area (Å²) in [5, 5.41) is 10.7. The Morgan fingerprint density at radius 3 is 2.20 bits per heavy atom. The molecule has 5 rings (SSSR count). The van der Waals surface area contributed by atoms with Crippen LogP contribution in [0.4, 0.5) is 0 Å². The summed E-state index contributed by atoms with van der Waals surface area (Å²) in [5.74, 6) is 0.964. The number of unbranched alkanes of at least 4 members (excludes halogenated alkanes) is 3. The largest absolute Gasteiger partial charge is 0.494 e. The summed E-state index contributed by atoms with van der Waals surface area (Å²) < 4.78 is 47.6. The quantitative estimate of drug-likeness (QED) is 0.0309. The highest BCUT2D eigenvalue weighted by Gasteiger charge is 2.49. The van der Waals surface area contributed by atoms with Crippen LogP contribution in [0.1, 0.15) is 99.9 Å². The first-order valence-electron chi connectivity index (χ1n) is 20.2. The van der Waals surface area contributed by atoms with Crippen molar-refractivity contribution in [3.05, 3.63) is 65.7 Å². The number of carbonyl (C=O) groups is 2. The molecule has 1 saturated heterocycles. The second-order valence-corrected chi connectivity index (χ2v) is 22.1. The third-order valence-corrected chi connectivity index (χ3v) is 18.6. The lowest BCUT2D eigenvalue weighted by Gasteiger charge is -2.38. The third kappa shape index (κ3) is 13.3. The second-order valence-electron chi connectivity index (χ2n) is 15.4. The summed E-state index contributed by atoms with van der Waals surface area (Å²) in [5.41, 5.74) is 1.16. The number of fused-ring (bicyclic) bond motifs is 1. The number of carbonyl (C=O) groups excluding carboxylic acids is 2. The summed E-state index contributed by atoms with van der Waals surface area (Å²) in [4.78, 5) is 25.5. The van der Waals surface area contributed by atoms with Gasteiger partial charge < -0.3 is 41.4 Å². The fraction of sp³-hybridized carbons (Fsp3) is 0.619. The Balaban J connectivity index is 1.05. The smallest absolute Gasteiger partial charge is 0.491 e. The fourth-order valence-corrected chi connectivity index (χ4v) is 14.6. The SMILES string of the molecule is CCCCCCOc1ccc(C(=O)Oc2ccc(/C=C/C(=O)OC3CC(CC[Si](C)(OC)O[Si](CCC4CCC5OC5C4)(OC)OC)CCC3O)cc2)cc1. The molecule has 2 aliphatic carbocycles. The molecule has 7 atom stereocenters. The zero-order chi connectivity index (χ0) is 39.3. The van der Waals surface area contributed by atoms with Crippen LogP contribution >= 0.6 is 0 Å². The lowest BCUT2D eigenvalue weighted by molar-refractivity contribution is -0.153. The van der Waals surface area contributed by atoms with Crippen LogP contribution in [0.25, 0.3) is 6.08 Å². The van der Waals surface area contributed by atoms with Crippen molar-refractivity contribution in [3.63, 3.8) is 0 Å². The second kappa shape index (κ2) is 21.0. The average Bonchev–Trinajstić information content (AvgIpc) is 3.99. The van der Waals surface area contributed by atoms with Gasteiger partial charge in [-0.1, -0.05) is 38.3 Å². The molecule has 2 aromatic carbocycles. The maximum atomic E-state index is 12.9. The van der Waals surface area contributed by atoms with E-state index in [9.17, 15) is 14.7 Å². The lowest BCUT2D eigenvalue weighted by atomic mass is 9.84. The average molecular weight is 799 g/mol. The molecule has 11 nitrogen and oxygen atoms in total. The third-order valence-electron chi connectivity index (χ3n) is 11.4. The first kappa shape index (κ1) is 43.2. The molecule has 0 radical (unpaired) electrons. The zero-order valence-corrected chi connectivity index (χ0v) is 35.4. The highest BCUT2D eigenvalue weighted by molar-refractivity contribution is 6.77. The maximum Gasteiger partial charge on any atom is 0.491 e. The molecule has 0 spiro atoms. The van der Waals surface area contributed by atoms with Gasteiger partial charge in [-0.2, -0.15) is 0 Å². The normalized spacial score (nSPS) is 24.8. The molecule has 7 unspecified atom stereocenters. The number of benzene rings is 2. The Hall–Kier alpha value is -2.89. The predicted molar refractivity (Wildman–Crippen MR) is 214 cm³/mol. The fourth-order valence-electron chi connectivity index (χ4n) is 7.70. The van der Waals surface area contributed by atoms with E-state index in [1.54, 1.807) is 75.9 Å². The number of rotatable bonds is 22. The molecule has 13 heteroatoms. The van der Waals surface area contributed by atoms with Gasteiger partial charge in [0.1, 0.15) is 17.6 Å². The highest BCUT2D eigenvalue weighted by atomic mass is 28.5. The van der Waals surface area contributed by atoms with E-state index in [0.717, 1.165) is 68.3 Å². The topological polar surface area (TPSA) is 132 Å². The van der Waals surface area contributed by atoms with Crippen molar-refractivity contribution in [2.24, 2.45) is 11.8 Å². The van der Waals surface area contributed by atoms with Crippen LogP contribution in [-0.2, 0) is 31.7 Å². The number of hydrogen-bond donors (Lipinski definition) is 1. The monoisotopic (exact) mass is 798 g/mol. The molecule has 1 heterocycles. The van der Waals surface area contributed by atoms with Crippen molar-refractivity contribution in [2.45, 2.75) is 127 Å². The van der Waals surface area contributed by atoms with Gasteiger partial charge in [0, 0.05) is 33.4 Å². The lowest BCUT2D eigenvalue weighted by Crippen LogP contribution is -2.54. The molecular formula is C42H62O11Si2. The van der Waals surface area contributed by atoms with E-state index < -0.39 is 41.5 Å². The molecule has 0 aromatic heterocycles. The van der Waals surface area contributed by atoms with Crippen molar-refractivity contribution in [1.82, 2.24) is 0 Å². The molecule has 2 aromatic rings. The minimum absolute atomic E-state index is 0.243. The van der Waals surface area contributed by atoms with Crippen molar-refractivity contribution < 1.29 is 51.0 Å². The van der Waals surface area contributed by atoms with Gasteiger partial charge in [0.15, 0.2) is 0 Å². The van der Waals surface area contributed by atoms with Gasteiger partial charge in [0.25, 0.3) is 0 Å². The number of aliphatic hydroxyl groups excluding tert-OH is 1. The first-order chi connectivity index (χ1) is 26.6. The van der Waals surface area contributed by atoms with Crippen LogP contribution in [-0.4, -0.2) is 86.8 Å². The summed E-state index contributed by atoms with van der Waals surface area (Å²) in [6.45, 7) is 4.90. The van der Waals surface area contributed by atoms with Gasteiger partial charge in [-0.15, -0.1) is 0 Å². The minimum atomic E-state index is -2.94. The van der Waals surface area contributed by atoms with Gasteiger partial charge in [-0.05, 0) is 130 Å². The Morgan fingerprint density at radius 2 is 1.51 bits per heavy atom. The Labute approximate surface area is 329 Å². The molecule has 304 valence electrons. The van der Waals surface area contributed by atoms with Crippen molar-refractivity contribution in [1.29, 1.82) is 0 Å². The Bertz CT molecular complexity index is 1520. The standard InChI is InChI=1S/C42H62O11Si2/c1-6-7-8-9-26-49-35-19-15-34(16-20-35)42(45)50-36-17-10-31(11-18-36)14-23-41(44)52-39-29-32(12-21-37(39)43)24-27-54(5,46-2)53-55(47-3,48-4)28-25-33-13-22-38-40(30-33)51-38/h10-11,14-20,23,32-33,37-40,43H,6-9,12-13,21-22,24-30H2,1-5H3/b23-14+. The van der Waals surface area contributed by atoms with Gasteiger partial charge in [-0.3, -0.25) is 0 Å². The molecule has 55 heavy (non-hydrogen) atoms. The van der Waals surface area contributed by atoms with E-state index in [1.165, 1.54) is 25.3 Å². The number of esters is 2. The van der Waals surface area contributed by atoms with Gasteiger partial charge >= 0.3 is 29.3 Å². The van der Waals surface area contributed by atoms with Crippen LogP contribution in [0.5, 0.6) is 11.5 Å². The van der Waals surface area contributed by atoms with Crippen molar-refractivity contribution >= 4 is 35.4 Å². The van der Waals surface area contributed by atoms with Gasteiger partial charge in [0.05, 0.1) is 30.5 Å². The van der Waals surface area contributed by atoms with E-state index >= 15 is 0 Å². The van der Waals surface area contributed by atoms with Gasteiger partial charge in [-0.25, -0.2) is 9.59 Å². The number of ether oxygens (including phenoxy) is 4. The van der Waals surface area contributed by atoms with Crippen LogP contribution in [0.3, 0.4) is 0 Å². The van der Waals surface area contributed by atoms with Crippen LogP contribution < -0.4 is 9.47 Å². The molecule has 2 saturated carbocycles. The zero-order valence-electron chi connectivity index (χ0n) is 33.4. The van der Waals surface area contributed by atoms with E-state index in [0.29, 0.717) is 48.9 Å². The molecule has 3 fully saturated rings. The Morgan fingerprint density at radius 1 is 0.818 bits per heavy atom. The van der Waals surface area contributed by atoms with E-state index in [2.05, 4.69) is 13.5 Å². The molecule has 1 N–H and O–H groups in total.